The van der Waals surface area contributed by atoms with Crippen LogP contribution in [0.25, 0.3) is 0 Å². The molecular formula is C132H241N7. The highest BCUT2D eigenvalue weighted by Gasteiger charge is 2.27. The van der Waals surface area contributed by atoms with Gasteiger partial charge in [-0.1, -0.05) is 470 Å². The van der Waals surface area contributed by atoms with Crippen LogP contribution in [0.4, 0.5) is 0 Å². The summed E-state index contributed by atoms with van der Waals surface area (Å²) in [6.45, 7) is 19.8. The fraction of sp³-hybridized carbons (Fsp3) is 0.795. The highest BCUT2D eigenvalue weighted by Crippen LogP contribution is 2.33. The number of unbranched alkanes of at least 4 members (excludes halogenated alkanes) is 49. The summed E-state index contributed by atoms with van der Waals surface area (Å²) in [4.78, 5) is 13.8. The lowest BCUT2D eigenvalue weighted by molar-refractivity contribution is 0.200. The van der Waals surface area contributed by atoms with Crippen molar-refractivity contribution in [1.82, 2.24) is 35.7 Å². The number of hydrogen-bond acceptors (Lipinski definition) is 6. The molecule has 139 heavy (non-hydrogen) atoms. The quantitative estimate of drug-likeness (QED) is 0.0385. The van der Waals surface area contributed by atoms with Crippen LogP contribution in [0.2, 0.25) is 0 Å². The van der Waals surface area contributed by atoms with Gasteiger partial charge in [-0.2, -0.15) is 0 Å². The maximum absolute atomic E-state index is 5.05. The topological polar surface area (TPSA) is 71.2 Å². The minimum absolute atomic E-state index is 0.378. The van der Waals surface area contributed by atoms with Gasteiger partial charge in [-0.25, -0.2) is 4.98 Å². The zero-order valence-electron chi connectivity index (χ0n) is 94.7. The second-order valence-electron chi connectivity index (χ2n) is 43.7. The van der Waals surface area contributed by atoms with Crippen LogP contribution in [-0.2, 0) is 6.42 Å². The molecule has 0 bridgehead atoms. The number of hydrogen-bond donors (Lipinski definition) is 4. The zero-order valence-corrected chi connectivity index (χ0v) is 94.7. The van der Waals surface area contributed by atoms with Gasteiger partial charge in [0.25, 0.3) is 0 Å². The van der Waals surface area contributed by atoms with Gasteiger partial charge < -0.3 is 30.7 Å². The molecule has 1 aromatic heterocycles. The summed E-state index contributed by atoms with van der Waals surface area (Å²) in [6.07, 6.45) is 171. The maximum Gasteiger partial charge on any atom is 0.0925 e. The molecule has 0 aliphatic carbocycles. The summed E-state index contributed by atoms with van der Waals surface area (Å²) in [7, 11) is 6.85. The summed E-state index contributed by atoms with van der Waals surface area (Å²) in [5, 5.41) is 12.3. The molecular weight excluding hydrogens is 1680 g/mol. The third kappa shape index (κ3) is 90.0. The predicted molar refractivity (Wildman–Crippen MR) is 629 cm³/mol. The van der Waals surface area contributed by atoms with Crippen molar-refractivity contribution in [2.45, 2.75) is 605 Å². The van der Waals surface area contributed by atoms with Crippen LogP contribution in [-0.4, -0.2) is 91.8 Å². The number of aromatic nitrogens is 2. The van der Waals surface area contributed by atoms with Crippen molar-refractivity contribution in [1.29, 1.82) is 0 Å². The first kappa shape index (κ1) is 131. The van der Waals surface area contributed by atoms with Gasteiger partial charge in [0.15, 0.2) is 0 Å². The van der Waals surface area contributed by atoms with Crippen molar-refractivity contribution in [3.8, 4) is 0 Å². The molecule has 0 spiro atoms. The van der Waals surface area contributed by atoms with Crippen molar-refractivity contribution >= 4 is 0 Å². The van der Waals surface area contributed by atoms with Crippen LogP contribution in [0, 0.1) is 17.8 Å². The van der Waals surface area contributed by atoms with E-state index in [1.165, 1.54) is 525 Å². The van der Waals surface area contributed by atoms with Crippen molar-refractivity contribution < 1.29 is 0 Å². The van der Waals surface area contributed by atoms with Gasteiger partial charge >= 0.3 is 0 Å². The van der Waals surface area contributed by atoms with E-state index >= 15 is 0 Å². The van der Waals surface area contributed by atoms with Crippen LogP contribution in [0.1, 0.15) is 592 Å². The molecule has 2 rings (SSSR count). The van der Waals surface area contributed by atoms with Gasteiger partial charge in [0.2, 0.25) is 0 Å². The molecule has 6 unspecified atom stereocenters. The Hall–Kier alpha value is -4.11. The molecule has 7 heteroatoms. The lowest BCUT2D eigenvalue weighted by Gasteiger charge is -2.30. The number of aromatic amines is 1. The van der Waals surface area contributed by atoms with Gasteiger partial charge in [-0.3, -0.25) is 0 Å². The highest BCUT2D eigenvalue weighted by atomic mass is 15.1. The van der Waals surface area contributed by atoms with Gasteiger partial charge in [0, 0.05) is 23.8 Å². The number of nitrogens with zero attached hydrogens (tertiary/aromatic N) is 3. The summed E-state index contributed by atoms with van der Waals surface area (Å²) in [5.41, 5.74) is 2.68. The van der Waals surface area contributed by atoms with Crippen molar-refractivity contribution in [2.75, 3.05) is 53.9 Å². The average molecular weight is 1930 g/mol. The molecule has 0 saturated carbocycles. The Morgan fingerprint density at radius 3 is 0.914 bits per heavy atom. The number of nitrogens with one attached hydrogen (secondary N) is 4. The lowest BCUT2D eigenvalue weighted by Crippen LogP contribution is -2.34. The molecule has 0 radical (unpaired) electrons. The SMILES string of the molecule is CCCCCC=CCC=CCCCCCCCCC(CCCCCCCCC=CCC=CCC(CCC)C(CC=CCC=CCCCCCCCCC(CCCCCCCCC=CCC=CCCCCC)N(C)CCCN(C)C)CCC)NCCCCC1CCNC(c2nc[nH]c2CCCNC(CCCCCCCCC=CCC=CCCCCC)CCCCCCCCC=CCC=CCCCCC)C1. The average Bonchev–Trinajstić information content (AvgIpc) is 1.72. The van der Waals surface area contributed by atoms with E-state index < -0.39 is 0 Å². The molecule has 2 heterocycles. The minimum atomic E-state index is 0.378. The number of allylic oxidation sites excluding steroid dienone is 24. The molecule has 6 atom stereocenters. The Labute approximate surface area is 870 Å². The molecule has 804 valence electrons. The molecule has 7 nitrogen and oxygen atoms in total. The van der Waals surface area contributed by atoms with Gasteiger partial charge in [0.1, 0.15) is 0 Å². The number of rotatable bonds is 108. The lowest BCUT2D eigenvalue weighted by atomic mass is 9.81. The summed E-state index contributed by atoms with van der Waals surface area (Å²) < 4.78 is 0. The Balaban J connectivity index is 1.78. The second-order valence-corrected chi connectivity index (χ2v) is 43.7. The third-order valence-electron chi connectivity index (χ3n) is 30.2. The van der Waals surface area contributed by atoms with E-state index in [2.05, 4.69) is 239 Å². The fourth-order valence-corrected chi connectivity index (χ4v) is 21.2. The number of H-pyrrole nitrogens is 1. The number of piperidine rings is 1. The van der Waals surface area contributed by atoms with Crippen LogP contribution < -0.4 is 16.0 Å². The van der Waals surface area contributed by atoms with E-state index in [0.29, 0.717) is 18.1 Å². The second kappa shape index (κ2) is 108. The summed E-state index contributed by atoms with van der Waals surface area (Å²) >= 11 is 0. The first-order chi connectivity index (χ1) is 68.8. The molecule has 1 fully saturated rings. The third-order valence-corrected chi connectivity index (χ3v) is 30.2. The minimum Gasteiger partial charge on any atom is -0.348 e. The Morgan fingerprint density at radius 1 is 0.302 bits per heavy atom. The molecule has 1 saturated heterocycles. The van der Waals surface area contributed by atoms with E-state index in [-0.39, 0.29) is 0 Å². The molecule has 1 aromatic rings. The Kier molecular flexibility index (Phi) is 102. The first-order valence-corrected chi connectivity index (χ1v) is 62.2. The highest BCUT2D eigenvalue weighted by molar-refractivity contribution is 5.17. The molecule has 0 amide bonds. The van der Waals surface area contributed by atoms with E-state index in [1.807, 2.05) is 6.33 Å². The zero-order chi connectivity index (χ0) is 99.5. The van der Waals surface area contributed by atoms with Gasteiger partial charge in [-0.15, -0.1) is 0 Å². The number of imidazole rings is 1. The van der Waals surface area contributed by atoms with Crippen LogP contribution in [0.3, 0.4) is 0 Å². The van der Waals surface area contributed by atoms with Crippen LogP contribution in [0.15, 0.2) is 152 Å². The summed E-state index contributed by atoms with van der Waals surface area (Å²) in [5.74, 6) is 2.38. The maximum atomic E-state index is 5.05. The molecule has 4 N–H and O–H groups in total. The normalized spacial score (nSPS) is 15.6. The van der Waals surface area contributed by atoms with Crippen LogP contribution in [0.5, 0.6) is 0 Å². The largest absolute Gasteiger partial charge is 0.348 e. The Bertz CT molecular complexity index is 2950. The van der Waals surface area contributed by atoms with E-state index in [4.69, 9.17) is 4.98 Å². The molecule has 1 aliphatic heterocycles. The standard InChI is InChI=1S/C132H241N7/c1-10-16-20-24-28-32-36-40-44-48-52-62-70-78-86-94-109-127(133-117-101-100-106-124-116-119-135-131(122-124)132-130(136-123-137-132)115-102-118-134-128(111-96-88-80-71-63-53-49-45-41-37-33-29-25-21-17-11-2)112-97-89-81-72-64-54-50-46-42-38-34-30-26-22-18-12-3)110-95-87-79-73-65-58-56-60-68-76-84-92-107-125(104-14-5)126(105-15-6)108-93-85-77-69-61-57-59-67-75-83-91-99-114-129(139(9)121-103-120-138(7)8)113-98-90-82-74-66-55-51-47-43-39-35-31-27-23-19-13-4/h28-35,40-47,60-61,68-69,84-85,92-93,123-129,131,133-135H,10-27,36-39,48-59,62-67,70-83,86-91,94-122H2,1-9H3,(H,136,137). The van der Waals surface area contributed by atoms with E-state index in [0.717, 1.165) is 81.8 Å². The van der Waals surface area contributed by atoms with E-state index in [1.54, 1.807) is 0 Å². The number of aryl methyl sites for hydroxylation is 1. The smallest absolute Gasteiger partial charge is 0.0925 e. The molecule has 0 aromatic carbocycles. The van der Waals surface area contributed by atoms with Crippen molar-refractivity contribution in [3.63, 3.8) is 0 Å². The van der Waals surface area contributed by atoms with E-state index in [9.17, 15) is 0 Å². The van der Waals surface area contributed by atoms with Crippen molar-refractivity contribution in [3.05, 3.63) is 164 Å². The van der Waals surface area contributed by atoms with Crippen molar-refractivity contribution in [2.24, 2.45) is 17.8 Å². The predicted octanol–water partition coefficient (Wildman–Crippen LogP) is 41.4. The van der Waals surface area contributed by atoms with Crippen LogP contribution >= 0.6 is 0 Å². The van der Waals surface area contributed by atoms with Gasteiger partial charge in [0.05, 0.1) is 18.1 Å². The fourth-order valence-electron chi connectivity index (χ4n) is 21.2. The summed E-state index contributed by atoms with van der Waals surface area (Å²) in [6, 6.07) is 2.46. The molecule has 1 aliphatic rings. The van der Waals surface area contributed by atoms with Gasteiger partial charge in [-0.05, 0) is 328 Å². The monoisotopic (exact) mass is 1920 g/mol. The Morgan fingerprint density at radius 2 is 0.597 bits per heavy atom. The first-order valence-electron chi connectivity index (χ1n) is 62.2.